The molecule has 1 saturated carbocycles. The van der Waals surface area contributed by atoms with Crippen LogP contribution >= 0.6 is 0 Å². The number of ether oxygens (including phenoxy) is 1. The van der Waals surface area contributed by atoms with Crippen LogP contribution in [0.15, 0.2) is 16.9 Å². The Balaban J connectivity index is 1.79. The molecule has 0 radical (unpaired) electrons. The van der Waals surface area contributed by atoms with Gasteiger partial charge in [-0.3, -0.25) is 4.79 Å². The fraction of sp³-hybridized carbons (Fsp3) is 0.480. The van der Waals surface area contributed by atoms with Gasteiger partial charge in [0.2, 0.25) is 5.43 Å². The van der Waals surface area contributed by atoms with Gasteiger partial charge in [-0.15, -0.1) is 0 Å². The number of carbonyl (C=O) groups is 2. The number of nitrogens with one attached hydrogen (secondary N) is 2. The zero-order chi connectivity index (χ0) is 24.8. The van der Waals surface area contributed by atoms with E-state index in [2.05, 4.69) is 10.6 Å². The van der Waals surface area contributed by atoms with Crippen molar-refractivity contribution in [3.8, 4) is 0 Å². The molecule has 1 aromatic heterocycles. The molecule has 1 aliphatic heterocycles. The maximum atomic E-state index is 15.3. The van der Waals surface area contributed by atoms with Crippen LogP contribution in [0.3, 0.4) is 0 Å². The molecule has 2 aliphatic rings. The lowest BCUT2D eigenvalue weighted by Gasteiger charge is -2.24. The number of benzene rings is 1. The largest absolute Gasteiger partial charge is 0.477 e. The van der Waals surface area contributed by atoms with Crippen LogP contribution in [0.2, 0.25) is 0 Å². The zero-order valence-electron chi connectivity index (χ0n) is 19.8. The molecule has 1 atom stereocenters. The third-order valence-electron chi connectivity index (χ3n) is 5.99. The van der Waals surface area contributed by atoms with Crippen molar-refractivity contribution in [2.45, 2.75) is 71.1 Å². The molecular formula is C25H30FN3O5. The number of amides is 1. The van der Waals surface area contributed by atoms with Crippen LogP contribution in [0, 0.1) is 5.82 Å². The van der Waals surface area contributed by atoms with Crippen molar-refractivity contribution < 1.29 is 23.8 Å². The van der Waals surface area contributed by atoms with E-state index in [0.717, 1.165) is 18.9 Å². The second-order valence-electron chi connectivity index (χ2n) is 9.82. The quantitative estimate of drug-likeness (QED) is 0.594. The highest BCUT2D eigenvalue weighted by atomic mass is 19.1. The van der Waals surface area contributed by atoms with Gasteiger partial charge in [-0.05, 0) is 52.5 Å². The highest BCUT2D eigenvalue weighted by Gasteiger charge is 2.33. The lowest BCUT2D eigenvalue weighted by molar-refractivity contribution is 0.0525. The van der Waals surface area contributed by atoms with Crippen LogP contribution < -0.4 is 16.1 Å². The minimum atomic E-state index is -1.30. The number of rotatable bonds is 5. The highest BCUT2D eigenvalue weighted by molar-refractivity contribution is 5.99. The van der Waals surface area contributed by atoms with E-state index >= 15 is 4.39 Å². The summed E-state index contributed by atoms with van der Waals surface area (Å²) < 4.78 is 22.5. The molecule has 1 fully saturated rings. The Kier molecular flexibility index (Phi) is 6.14. The molecule has 1 aliphatic carbocycles. The van der Waals surface area contributed by atoms with Gasteiger partial charge in [-0.2, -0.15) is 0 Å². The van der Waals surface area contributed by atoms with Crippen molar-refractivity contribution in [2.75, 3.05) is 11.9 Å². The monoisotopic (exact) mass is 471 g/mol. The van der Waals surface area contributed by atoms with Crippen molar-refractivity contribution in [1.82, 2.24) is 9.88 Å². The Labute approximate surface area is 196 Å². The summed E-state index contributed by atoms with van der Waals surface area (Å²) in [4.78, 5) is 37.2. The van der Waals surface area contributed by atoms with E-state index in [1.54, 1.807) is 26.8 Å². The number of nitrogens with zero attached hydrogens (tertiary/aromatic N) is 1. The smallest absolute Gasteiger partial charge is 0.407 e. The van der Waals surface area contributed by atoms with Gasteiger partial charge in [-0.25, -0.2) is 14.0 Å². The van der Waals surface area contributed by atoms with Gasteiger partial charge in [0.1, 0.15) is 17.0 Å². The van der Waals surface area contributed by atoms with Crippen molar-refractivity contribution in [1.29, 1.82) is 0 Å². The van der Waals surface area contributed by atoms with Crippen LogP contribution in [-0.2, 0) is 11.2 Å². The first-order valence-corrected chi connectivity index (χ1v) is 11.6. The van der Waals surface area contributed by atoms with Crippen LogP contribution in [0.5, 0.6) is 0 Å². The van der Waals surface area contributed by atoms with Crippen LogP contribution in [0.25, 0.3) is 17.0 Å². The van der Waals surface area contributed by atoms with E-state index in [0.29, 0.717) is 29.6 Å². The van der Waals surface area contributed by atoms with E-state index < -0.39 is 28.9 Å². The SMILES string of the molecule is CCc1c(C(=O)O)c(=O)c2cc(F)c3c(c2n1C1CC1)C=CCC(CNC(=O)OC(C)(C)C)N3. The second-order valence-corrected chi connectivity index (χ2v) is 9.82. The first kappa shape index (κ1) is 23.8. The summed E-state index contributed by atoms with van der Waals surface area (Å²) in [5, 5.41) is 15.7. The Morgan fingerprint density at radius 3 is 2.62 bits per heavy atom. The second kappa shape index (κ2) is 8.77. The first-order valence-electron chi connectivity index (χ1n) is 11.6. The third kappa shape index (κ3) is 4.51. The van der Waals surface area contributed by atoms with E-state index in [9.17, 15) is 19.5 Å². The van der Waals surface area contributed by atoms with Crippen LogP contribution in [0.4, 0.5) is 14.9 Å². The predicted octanol–water partition coefficient (Wildman–Crippen LogP) is 4.46. The summed E-state index contributed by atoms with van der Waals surface area (Å²) in [5.74, 6) is -1.94. The lowest BCUT2D eigenvalue weighted by atomic mass is 10.00. The molecule has 9 heteroatoms. The molecule has 1 amide bonds. The van der Waals surface area contributed by atoms with E-state index in [4.69, 9.17) is 4.74 Å². The molecule has 182 valence electrons. The fourth-order valence-electron chi connectivity index (χ4n) is 4.49. The Morgan fingerprint density at radius 1 is 1.32 bits per heavy atom. The van der Waals surface area contributed by atoms with E-state index in [1.165, 1.54) is 0 Å². The summed E-state index contributed by atoms with van der Waals surface area (Å²) in [6, 6.07) is 0.903. The Hall–Kier alpha value is -3.36. The number of fused-ring (bicyclic) bond motifs is 3. The molecular weight excluding hydrogens is 441 g/mol. The van der Waals surface area contributed by atoms with Crippen LogP contribution in [-0.4, -0.2) is 39.9 Å². The molecule has 34 heavy (non-hydrogen) atoms. The molecule has 0 bridgehead atoms. The molecule has 0 saturated heterocycles. The Morgan fingerprint density at radius 2 is 2.03 bits per heavy atom. The number of aromatic carboxylic acids is 1. The minimum Gasteiger partial charge on any atom is -0.477 e. The molecule has 3 N–H and O–H groups in total. The number of alkyl carbamates (subject to hydrolysis) is 1. The van der Waals surface area contributed by atoms with E-state index in [1.807, 2.05) is 17.6 Å². The summed E-state index contributed by atoms with van der Waals surface area (Å²) in [6.45, 7) is 7.35. The molecule has 2 aromatic rings. The topological polar surface area (TPSA) is 110 Å². The molecule has 1 aromatic carbocycles. The number of anilines is 1. The average Bonchev–Trinajstić information content (AvgIpc) is 3.58. The number of carboxylic acid groups (broad SMARTS) is 1. The summed E-state index contributed by atoms with van der Waals surface area (Å²) in [6.07, 6.45) is 5.71. The third-order valence-corrected chi connectivity index (χ3v) is 5.99. The van der Waals surface area contributed by atoms with Gasteiger partial charge in [0.05, 0.1) is 16.6 Å². The summed E-state index contributed by atoms with van der Waals surface area (Å²) in [7, 11) is 0. The van der Waals surface area contributed by atoms with Crippen LogP contribution in [0.1, 0.15) is 74.6 Å². The molecule has 4 rings (SSSR count). The van der Waals surface area contributed by atoms with Crippen molar-refractivity contribution in [3.05, 3.63) is 45.0 Å². The van der Waals surface area contributed by atoms with Gasteiger partial charge in [-0.1, -0.05) is 19.1 Å². The van der Waals surface area contributed by atoms with Gasteiger partial charge in [0.15, 0.2) is 0 Å². The van der Waals surface area contributed by atoms with E-state index in [-0.39, 0.29) is 35.3 Å². The fourth-order valence-corrected chi connectivity index (χ4v) is 4.49. The van der Waals surface area contributed by atoms with Gasteiger partial charge >= 0.3 is 12.1 Å². The molecule has 8 nitrogen and oxygen atoms in total. The molecule has 2 heterocycles. The molecule has 0 spiro atoms. The molecule has 1 unspecified atom stereocenters. The first-order chi connectivity index (χ1) is 16.0. The predicted molar refractivity (Wildman–Crippen MR) is 128 cm³/mol. The van der Waals surface area contributed by atoms with Crippen molar-refractivity contribution in [3.63, 3.8) is 0 Å². The number of hydrogen-bond acceptors (Lipinski definition) is 5. The van der Waals surface area contributed by atoms with Gasteiger partial charge in [0, 0.05) is 29.9 Å². The summed E-state index contributed by atoms with van der Waals surface area (Å²) >= 11 is 0. The zero-order valence-corrected chi connectivity index (χ0v) is 19.8. The van der Waals surface area contributed by atoms with Gasteiger partial charge in [0.25, 0.3) is 0 Å². The standard InChI is InChI=1S/C25H30FN3O5/c1-5-18-19(23(31)32)22(30)16-11-17(26)20-15(21(16)29(18)14-9-10-14)8-6-7-13(28-20)12-27-24(33)34-25(2,3)4/h6,8,11,13-14,28H,5,7,9-10,12H2,1-4H3,(H,27,33)(H,31,32). The number of carboxylic acids is 1. The minimum absolute atomic E-state index is 0.0644. The maximum Gasteiger partial charge on any atom is 0.407 e. The number of halogens is 1. The average molecular weight is 472 g/mol. The number of pyridine rings is 1. The number of aromatic nitrogens is 1. The normalized spacial score (nSPS) is 17.6. The number of hydrogen-bond donors (Lipinski definition) is 3. The lowest BCUT2D eigenvalue weighted by Crippen LogP contribution is -2.39. The van der Waals surface area contributed by atoms with Crippen molar-refractivity contribution >= 4 is 34.7 Å². The van der Waals surface area contributed by atoms with Crippen molar-refractivity contribution in [2.24, 2.45) is 0 Å². The number of carbonyl (C=O) groups excluding carboxylic acids is 1. The Bertz CT molecular complexity index is 1250. The highest BCUT2D eigenvalue weighted by Crippen LogP contribution is 2.42. The van der Waals surface area contributed by atoms with Gasteiger partial charge < -0.3 is 25.0 Å². The summed E-state index contributed by atoms with van der Waals surface area (Å²) in [5.41, 5.74) is 0.181. The maximum absolute atomic E-state index is 15.3.